The zero-order chi connectivity index (χ0) is 18.6. The van der Waals surface area contributed by atoms with Gasteiger partial charge in [-0.15, -0.1) is 6.58 Å². The summed E-state index contributed by atoms with van der Waals surface area (Å²) in [5.41, 5.74) is 2.87. The standard InChI is InChI=1S/C18H19ClN2O3S/c1-4-9-20-25(23,24)17-11-14(6-7-15(17)19)18(22)21-16-8-5-12(2)10-13(16)3/h4-8,10-11,20H,1,9H2,2-3H3,(H,21,22). The molecule has 5 nitrogen and oxygen atoms in total. The molecule has 0 radical (unpaired) electrons. The summed E-state index contributed by atoms with van der Waals surface area (Å²) in [7, 11) is -3.83. The monoisotopic (exact) mass is 378 g/mol. The lowest BCUT2D eigenvalue weighted by Gasteiger charge is -2.11. The fraction of sp³-hybridized carbons (Fsp3) is 0.167. The molecule has 0 saturated heterocycles. The van der Waals surface area contributed by atoms with Crippen molar-refractivity contribution in [3.8, 4) is 0 Å². The van der Waals surface area contributed by atoms with Gasteiger partial charge in [0.2, 0.25) is 10.0 Å². The number of sulfonamides is 1. The molecule has 132 valence electrons. The minimum Gasteiger partial charge on any atom is -0.322 e. The van der Waals surface area contributed by atoms with Gasteiger partial charge < -0.3 is 5.32 Å². The van der Waals surface area contributed by atoms with Gasteiger partial charge in [0.15, 0.2) is 0 Å². The molecule has 0 fully saturated rings. The number of rotatable bonds is 6. The molecule has 0 aliphatic rings. The molecule has 7 heteroatoms. The Morgan fingerprint density at radius 3 is 2.56 bits per heavy atom. The molecule has 1 amide bonds. The summed E-state index contributed by atoms with van der Waals surface area (Å²) in [4.78, 5) is 12.3. The van der Waals surface area contributed by atoms with E-state index in [0.717, 1.165) is 11.1 Å². The van der Waals surface area contributed by atoms with E-state index in [2.05, 4.69) is 16.6 Å². The van der Waals surface area contributed by atoms with Crippen LogP contribution in [0.25, 0.3) is 0 Å². The van der Waals surface area contributed by atoms with Gasteiger partial charge in [0, 0.05) is 17.8 Å². The average Bonchev–Trinajstić information content (AvgIpc) is 2.55. The van der Waals surface area contributed by atoms with Gasteiger partial charge in [-0.1, -0.05) is 35.4 Å². The highest BCUT2D eigenvalue weighted by atomic mass is 35.5. The number of hydrogen-bond acceptors (Lipinski definition) is 3. The Bertz CT molecular complexity index is 924. The summed E-state index contributed by atoms with van der Waals surface area (Å²) >= 11 is 5.99. The molecule has 0 aliphatic carbocycles. The summed E-state index contributed by atoms with van der Waals surface area (Å²) < 4.78 is 26.9. The number of benzene rings is 2. The molecule has 0 saturated carbocycles. The Morgan fingerprint density at radius 1 is 1.20 bits per heavy atom. The van der Waals surface area contributed by atoms with E-state index in [1.54, 1.807) is 0 Å². The zero-order valence-electron chi connectivity index (χ0n) is 14.0. The number of hydrogen-bond donors (Lipinski definition) is 2. The van der Waals surface area contributed by atoms with E-state index in [4.69, 9.17) is 11.6 Å². The van der Waals surface area contributed by atoms with Crippen molar-refractivity contribution in [2.24, 2.45) is 0 Å². The summed E-state index contributed by atoms with van der Waals surface area (Å²) in [6.07, 6.45) is 1.42. The van der Waals surface area contributed by atoms with Crippen LogP contribution in [-0.4, -0.2) is 20.9 Å². The number of carbonyl (C=O) groups excluding carboxylic acids is 1. The lowest BCUT2D eigenvalue weighted by molar-refractivity contribution is 0.102. The topological polar surface area (TPSA) is 75.3 Å². The highest BCUT2D eigenvalue weighted by Gasteiger charge is 2.19. The van der Waals surface area contributed by atoms with Gasteiger partial charge in [0.05, 0.1) is 5.02 Å². The lowest BCUT2D eigenvalue weighted by Crippen LogP contribution is -2.24. The van der Waals surface area contributed by atoms with E-state index in [9.17, 15) is 13.2 Å². The van der Waals surface area contributed by atoms with E-state index in [-0.39, 0.29) is 22.0 Å². The van der Waals surface area contributed by atoms with E-state index in [0.29, 0.717) is 5.69 Å². The van der Waals surface area contributed by atoms with Crippen LogP contribution in [0.15, 0.2) is 53.9 Å². The smallest absolute Gasteiger partial charge is 0.255 e. The third-order valence-electron chi connectivity index (χ3n) is 3.53. The Kier molecular flexibility index (Phi) is 6.00. The first-order valence-corrected chi connectivity index (χ1v) is 9.39. The molecule has 2 N–H and O–H groups in total. The van der Waals surface area contributed by atoms with Crippen LogP contribution in [0, 0.1) is 13.8 Å². The van der Waals surface area contributed by atoms with Crippen molar-refractivity contribution in [3.05, 3.63) is 70.8 Å². The Morgan fingerprint density at radius 2 is 1.92 bits per heavy atom. The number of halogens is 1. The molecule has 25 heavy (non-hydrogen) atoms. The summed E-state index contributed by atoms with van der Waals surface area (Å²) in [5, 5.41) is 2.82. The van der Waals surface area contributed by atoms with Crippen molar-refractivity contribution in [2.75, 3.05) is 11.9 Å². The first-order valence-electron chi connectivity index (χ1n) is 7.53. The van der Waals surface area contributed by atoms with Crippen LogP contribution in [0.3, 0.4) is 0 Å². The van der Waals surface area contributed by atoms with Gasteiger partial charge >= 0.3 is 0 Å². The molecule has 2 aromatic rings. The summed E-state index contributed by atoms with van der Waals surface area (Å²) in [6, 6.07) is 9.77. The molecule has 0 unspecified atom stereocenters. The van der Waals surface area contributed by atoms with Crippen molar-refractivity contribution >= 4 is 33.2 Å². The molecule has 0 spiro atoms. The van der Waals surface area contributed by atoms with Crippen molar-refractivity contribution in [3.63, 3.8) is 0 Å². The Balaban J connectivity index is 2.32. The van der Waals surface area contributed by atoms with E-state index in [1.807, 2.05) is 32.0 Å². The van der Waals surface area contributed by atoms with Gasteiger partial charge in [-0.3, -0.25) is 4.79 Å². The highest BCUT2D eigenvalue weighted by molar-refractivity contribution is 7.89. The molecule has 0 heterocycles. The van der Waals surface area contributed by atoms with Crippen LogP contribution < -0.4 is 10.0 Å². The van der Waals surface area contributed by atoms with Gasteiger partial charge in [0.25, 0.3) is 5.91 Å². The normalized spacial score (nSPS) is 11.2. The molecule has 0 bridgehead atoms. The molecule has 2 aromatic carbocycles. The number of aryl methyl sites for hydroxylation is 2. The second-order valence-electron chi connectivity index (χ2n) is 5.56. The van der Waals surface area contributed by atoms with E-state index >= 15 is 0 Å². The first kappa shape index (κ1) is 19.2. The highest BCUT2D eigenvalue weighted by Crippen LogP contribution is 2.24. The Labute approximate surface area is 152 Å². The molecule has 0 aliphatic heterocycles. The fourth-order valence-corrected chi connectivity index (χ4v) is 3.77. The quantitative estimate of drug-likeness (QED) is 0.753. The van der Waals surface area contributed by atoms with Crippen molar-refractivity contribution in [2.45, 2.75) is 18.7 Å². The maximum Gasteiger partial charge on any atom is 0.255 e. The number of carbonyl (C=O) groups is 1. The van der Waals surface area contributed by atoms with Crippen molar-refractivity contribution in [1.29, 1.82) is 0 Å². The second kappa shape index (κ2) is 7.82. The van der Waals surface area contributed by atoms with Gasteiger partial charge in [-0.25, -0.2) is 13.1 Å². The van der Waals surface area contributed by atoms with Crippen LogP contribution in [0.1, 0.15) is 21.5 Å². The first-order chi connectivity index (χ1) is 11.7. The van der Waals surface area contributed by atoms with Gasteiger partial charge in [0.1, 0.15) is 4.90 Å². The minimum absolute atomic E-state index is 0.0413. The van der Waals surface area contributed by atoms with Crippen LogP contribution in [0.5, 0.6) is 0 Å². The maximum atomic E-state index is 12.5. The fourth-order valence-electron chi connectivity index (χ4n) is 2.25. The third-order valence-corrected chi connectivity index (χ3v) is 5.44. The van der Waals surface area contributed by atoms with Crippen LogP contribution in [0.2, 0.25) is 5.02 Å². The van der Waals surface area contributed by atoms with Gasteiger partial charge in [-0.2, -0.15) is 0 Å². The second-order valence-corrected chi connectivity index (χ2v) is 7.70. The van der Waals surface area contributed by atoms with E-state index in [1.165, 1.54) is 24.3 Å². The molecule has 0 atom stereocenters. The molecular formula is C18H19ClN2O3S. The summed E-state index contributed by atoms with van der Waals surface area (Å²) in [5.74, 6) is -0.413. The molecule has 2 rings (SSSR count). The van der Waals surface area contributed by atoms with Crippen LogP contribution in [0.4, 0.5) is 5.69 Å². The largest absolute Gasteiger partial charge is 0.322 e. The predicted molar refractivity (Wildman–Crippen MR) is 101 cm³/mol. The van der Waals surface area contributed by atoms with Crippen molar-refractivity contribution < 1.29 is 13.2 Å². The Hall–Kier alpha value is -2.15. The SMILES string of the molecule is C=CCNS(=O)(=O)c1cc(C(=O)Nc2ccc(C)cc2C)ccc1Cl. The van der Waals surface area contributed by atoms with Crippen LogP contribution >= 0.6 is 11.6 Å². The van der Waals surface area contributed by atoms with E-state index < -0.39 is 15.9 Å². The third kappa shape index (κ3) is 4.69. The van der Waals surface area contributed by atoms with Crippen LogP contribution in [-0.2, 0) is 10.0 Å². The maximum absolute atomic E-state index is 12.5. The number of nitrogens with one attached hydrogen (secondary N) is 2. The number of anilines is 1. The summed E-state index contributed by atoms with van der Waals surface area (Å²) in [6.45, 7) is 7.38. The van der Waals surface area contributed by atoms with Gasteiger partial charge in [-0.05, 0) is 43.7 Å². The van der Waals surface area contributed by atoms with Crippen molar-refractivity contribution in [1.82, 2.24) is 4.72 Å². The lowest BCUT2D eigenvalue weighted by atomic mass is 10.1. The zero-order valence-corrected chi connectivity index (χ0v) is 15.5. The minimum atomic E-state index is -3.83. The molecule has 0 aromatic heterocycles. The average molecular weight is 379 g/mol. The number of amides is 1. The molecular weight excluding hydrogens is 360 g/mol. The predicted octanol–water partition coefficient (Wildman–Crippen LogP) is 3.67.